The molecule has 3 heteroatoms. The maximum atomic E-state index is 6.07. The summed E-state index contributed by atoms with van der Waals surface area (Å²) in [6.07, 6.45) is 1.25. The molecule has 17 heavy (non-hydrogen) atoms. The molecular weight excluding hydrogens is 210 g/mol. The van der Waals surface area contributed by atoms with E-state index in [0.29, 0.717) is 0 Å². The fraction of sp³-hybridized carbons (Fsp3) is 0.571. The van der Waals surface area contributed by atoms with E-state index in [2.05, 4.69) is 29.8 Å². The van der Waals surface area contributed by atoms with Crippen LogP contribution in [0.5, 0.6) is 0 Å². The van der Waals surface area contributed by atoms with Crippen LogP contribution in [-0.2, 0) is 6.54 Å². The highest BCUT2D eigenvalue weighted by molar-refractivity contribution is 5.50. The number of hydrogen-bond donors (Lipinski definition) is 1. The zero-order chi connectivity index (χ0) is 12.3. The molecule has 2 N–H and O–H groups in total. The van der Waals surface area contributed by atoms with E-state index in [0.717, 1.165) is 25.3 Å². The first-order valence-corrected chi connectivity index (χ1v) is 6.41. The van der Waals surface area contributed by atoms with Gasteiger partial charge in [-0.2, -0.15) is 0 Å². The molecule has 0 aliphatic carbocycles. The first-order chi connectivity index (χ1) is 8.16. The smallest absolute Gasteiger partial charge is 0.0362 e. The molecule has 1 fully saturated rings. The Labute approximate surface area is 104 Å². The number of benzene rings is 1. The van der Waals surface area contributed by atoms with Gasteiger partial charge < -0.3 is 10.6 Å². The van der Waals surface area contributed by atoms with Crippen molar-refractivity contribution in [3.63, 3.8) is 0 Å². The van der Waals surface area contributed by atoms with Crippen molar-refractivity contribution >= 4 is 5.69 Å². The Morgan fingerprint density at radius 3 is 2.76 bits per heavy atom. The summed E-state index contributed by atoms with van der Waals surface area (Å²) in [6, 6.07) is 6.19. The Kier molecular flexibility index (Phi) is 4.02. The minimum atomic E-state index is 0.933. The summed E-state index contributed by atoms with van der Waals surface area (Å²) in [5, 5.41) is 0. The lowest BCUT2D eigenvalue weighted by Crippen LogP contribution is -2.29. The van der Waals surface area contributed by atoms with Crippen LogP contribution in [0.2, 0.25) is 0 Å². The Bertz CT molecular complexity index is 355. The van der Waals surface area contributed by atoms with Gasteiger partial charge in [0, 0.05) is 25.3 Å². The number of nitrogens with two attached hydrogens (primary N) is 1. The highest BCUT2D eigenvalue weighted by Gasteiger charge is 2.14. The molecule has 94 valence electrons. The third kappa shape index (κ3) is 3.20. The number of nitrogen functional groups attached to an aromatic ring is 1. The first kappa shape index (κ1) is 12.4. The molecule has 0 amide bonds. The fourth-order valence-corrected chi connectivity index (χ4v) is 2.42. The van der Waals surface area contributed by atoms with Gasteiger partial charge in [0.15, 0.2) is 0 Å². The maximum absolute atomic E-state index is 6.07. The van der Waals surface area contributed by atoms with Crippen molar-refractivity contribution in [3.8, 4) is 0 Å². The first-order valence-electron chi connectivity index (χ1n) is 6.41. The molecule has 0 aromatic heterocycles. The third-order valence-electron chi connectivity index (χ3n) is 3.64. The Hall–Kier alpha value is -1.06. The van der Waals surface area contributed by atoms with E-state index in [9.17, 15) is 0 Å². The molecule has 2 rings (SSSR count). The van der Waals surface area contributed by atoms with E-state index in [1.807, 2.05) is 12.1 Å². The number of likely N-dealkylation sites (N-methyl/N-ethyl adjacent to an activating group) is 1. The molecule has 1 heterocycles. The summed E-state index contributed by atoms with van der Waals surface area (Å²) >= 11 is 0. The molecule has 0 bridgehead atoms. The molecule has 0 radical (unpaired) electrons. The molecule has 1 saturated heterocycles. The predicted molar refractivity (Wildman–Crippen MR) is 73.0 cm³/mol. The Morgan fingerprint density at radius 1 is 1.18 bits per heavy atom. The second-order valence-electron chi connectivity index (χ2n) is 5.08. The van der Waals surface area contributed by atoms with Gasteiger partial charge in [0.2, 0.25) is 0 Å². The maximum Gasteiger partial charge on any atom is 0.0362 e. The number of aryl methyl sites for hydroxylation is 1. The highest BCUT2D eigenvalue weighted by atomic mass is 15.2. The third-order valence-corrected chi connectivity index (χ3v) is 3.64. The van der Waals surface area contributed by atoms with Gasteiger partial charge in [-0.1, -0.05) is 12.1 Å². The Balaban J connectivity index is 2.05. The van der Waals surface area contributed by atoms with Crippen LogP contribution < -0.4 is 5.73 Å². The number of hydrogen-bond acceptors (Lipinski definition) is 3. The molecule has 1 aliphatic heterocycles. The van der Waals surface area contributed by atoms with Gasteiger partial charge in [-0.25, -0.2) is 0 Å². The largest absolute Gasteiger partial charge is 0.398 e. The lowest BCUT2D eigenvalue weighted by molar-refractivity contribution is 0.269. The van der Waals surface area contributed by atoms with Gasteiger partial charge in [-0.15, -0.1) is 0 Å². The van der Waals surface area contributed by atoms with Crippen LogP contribution in [-0.4, -0.2) is 43.0 Å². The van der Waals surface area contributed by atoms with Gasteiger partial charge >= 0.3 is 0 Å². The topological polar surface area (TPSA) is 32.5 Å². The van der Waals surface area contributed by atoms with Crippen molar-refractivity contribution in [3.05, 3.63) is 29.3 Å². The van der Waals surface area contributed by atoms with Crippen molar-refractivity contribution in [2.45, 2.75) is 19.9 Å². The van der Waals surface area contributed by atoms with Gasteiger partial charge in [0.25, 0.3) is 0 Å². The molecule has 1 aliphatic rings. The molecule has 0 atom stereocenters. The summed E-state index contributed by atoms with van der Waals surface area (Å²) in [7, 11) is 2.20. The van der Waals surface area contributed by atoms with Crippen LogP contribution in [0.15, 0.2) is 18.2 Å². The molecule has 3 nitrogen and oxygen atoms in total. The van der Waals surface area contributed by atoms with Crippen molar-refractivity contribution in [1.82, 2.24) is 9.80 Å². The van der Waals surface area contributed by atoms with E-state index in [1.54, 1.807) is 0 Å². The molecule has 0 unspecified atom stereocenters. The van der Waals surface area contributed by atoms with Gasteiger partial charge in [0.1, 0.15) is 0 Å². The molecule has 1 aromatic carbocycles. The van der Waals surface area contributed by atoms with Crippen molar-refractivity contribution in [1.29, 1.82) is 0 Å². The van der Waals surface area contributed by atoms with E-state index in [4.69, 9.17) is 5.73 Å². The zero-order valence-corrected chi connectivity index (χ0v) is 10.9. The normalized spacial score (nSPS) is 19.2. The number of anilines is 1. The quantitative estimate of drug-likeness (QED) is 0.789. The van der Waals surface area contributed by atoms with Gasteiger partial charge in [0.05, 0.1) is 0 Å². The highest BCUT2D eigenvalue weighted by Crippen LogP contribution is 2.19. The minimum Gasteiger partial charge on any atom is -0.398 e. The minimum absolute atomic E-state index is 0.933. The summed E-state index contributed by atoms with van der Waals surface area (Å²) < 4.78 is 0. The van der Waals surface area contributed by atoms with E-state index in [-0.39, 0.29) is 0 Å². The molecule has 0 spiro atoms. The van der Waals surface area contributed by atoms with Crippen molar-refractivity contribution in [2.75, 3.05) is 39.0 Å². The molecular formula is C14H23N3. The summed E-state index contributed by atoms with van der Waals surface area (Å²) in [5.74, 6) is 0. The summed E-state index contributed by atoms with van der Waals surface area (Å²) in [4.78, 5) is 4.92. The summed E-state index contributed by atoms with van der Waals surface area (Å²) in [5.41, 5.74) is 9.61. The van der Waals surface area contributed by atoms with Gasteiger partial charge in [-0.3, -0.25) is 4.90 Å². The van der Waals surface area contributed by atoms with Crippen LogP contribution in [0.4, 0.5) is 5.69 Å². The standard InChI is InChI=1S/C14H23N3/c1-12-5-3-6-14(15)13(12)11-17-8-4-7-16(2)9-10-17/h3,5-6H,4,7-11,15H2,1-2H3. The summed E-state index contributed by atoms with van der Waals surface area (Å²) in [6.45, 7) is 7.83. The molecule has 0 saturated carbocycles. The average molecular weight is 233 g/mol. The Morgan fingerprint density at radius 2 is 2.00 bits per heavy atom. The second kappa shape index (κ2) is 5.52. The van der Waals surface area contributed by atoms with Crippen LogP contribution in [0.25, 0.3) is 0 Å². The van der Waals surface area contributed by atoms with Gasteiger partial charge in [-0.05, 0) is 50.7 Å². The molecule has 1 aromatic rings. The predicted octanol–water partition coefficient (Wildman–Crippen LogP) is 1.71. The van der Waals surface area contributed by atoms with E-state index >= 15 is 0 Å². The zero-order valence-electron chi connectivity index (χ0n) is 10.9. The van der Waals surface area contributed by atoms with Crippen LogP contribution in [0, 0.1) is 6.92 Å². The fourth-order valence-electron chi connectivity index (χ4n) is 2.42. The van der Waals surface area contributed by atoms with E-state index in [1.165, 1.54) is 30.6 Å². The van der Waals surface area contributed by atoms with Crippen molar-refractivity contribution < 1.29 is 0 Å². The lowest BCUT2D eigenvalue weighted by Gasteiger charge is -2.22. The van der Waals surface area contributed by atoms with Crippen LogP contribution >= 0.6 is 0 Å². The number of rotatable bonds is 2. The van der Waals surface area contributed by atoms with Crippen LogP contribution in [0.1, 0.15) is 17.5 Å². The SMILES string of the molecule is Cc1cccc(N)c1CN1CCCN(C)CC1. The second-order valence-corrected chi connectivity index (χ2v) is 5.08. The average Bonchev–Trinajstić information content (AvgIpc) is 2.49. The lowest BCUT2D eigenvalue weighted by atomic mass is 10.1. The van der Waals surface area contributed by atoms with Crippen LogP contribution in [0.3, 0.4) is 0 Å². The number of nitrogens with zero attached hydrogens (tertiary/aromatic N) is 2. The van der Waals surface area contributed by atoms with Crippen molar-refractivity contribution in [2.24, 2.45) is 0 Å². The van der Waals surface area contributed by atoms with E-state index < -0.39 is 0 Å². The monoisotopic (exact) mass is 233 g/mol.